The van der Waals surface area contributed by atoms with E-state index in [-0.39, 0.29) is 12.1 Å². The first kappa shape index (κ1) is 15.4. The molecule has 0 spiro atoms. The fourth-order valence-electron chi connectivity index (χ4n) is 1.55. The molecule has 110 valence electrons. The van der Waals surface area contributed by atoms with Gasteiger partial charge >= 0.3 is 7.60 Å². The third-order valence-corrected chi connectivity index (χ3v) is 4.59. The molecule has 7 nitrogen and oxygen atoms in total. The summed E-state index contributed by atoms with van der Waals surface area (Å²) in [7, 11) is -3.23. The van der Waals surface area contributed by atoms with Crippen molar-refractivity contribution < 1.29 is 22.6 Å². The van der Waals surface area contributed by atoms with Crippen LogP contribution in [-0.4, -0.2) is 23.4 Å². The lowest BCUT2D eigenvalue weighted by Crippen LogP contribution is -1.99. The molecule has 9 heteroatoms. The SMILES string of the molecule is CCOP(=O)(Cc1ncc(-c2cc(Br)no2)o1)OCC. The van der Waals surface area contributed by atoms with E-state index >= 15 is 0 Å². The molecule has 0 aromatic carbocycles. The number of nitrogens with zero attached hydrogens (tertiary/aromatic N) is 2. The molecule has 2 heterocycles. The summed E-state index contributed by atoms with van der Waals surface area (Å²) in [5.41, 5.74) is 0. The predicted octanol–water partition coefficient (Wildman–Crippen LogP) is 3.86. The number of hydrogen-bond acceptors (Lipinski definition) is 7. The van der Waals surface area contributed by atoms with Crippen LogP contribution in [0.4, 0.5) is 0 Å². The molecule has 0 fully saturated rings. The fourth-order valence-corrected chi connectivity index (χ4v) is 3.36. The summed E-state index contributed by atoms with van der Waals surface area (Å²) in [6, 6.07) is 1.65. The summed E-state index contributed by atoms with van der Waals surface area (Å²) < 4.78 is 33.8. The number of oxazole rings is 1. The summed E-state index contributed by atoms with van der Waals surface area (Å²) in [5, 5.41) is 3.69. The Hall–Kier alpha value is -0.950. The maximum absolute atomic E-state index is 12.3. The average Bonchev–Trinajstić information content (AvgIpc) is 2.98. The summed E-state index contributed by atoms with van der Waals surface area (Å²) in [6.45, 7) is 4.08. The van der Waals surface area contributed by atoms with Crippen molar-refractivity contribution in [1.29, 1.82) is 0 Å². The molecule has 0 saturated carbocycles. The Labute approximate surface area is 124 Å². The molecular weight excluding hydrogens is 351 g/mol. The number of hydrogen-bond donors (Lipinski definition) is 0. The van der Waals surface area contributed by atoms with E-state index in [9.17, 15) is 4.57 Å². The minimum absolute atomic E-state index is 0.0238. The van der Waals surface area contributed by atoms with Crippen LogP contribution in [0.3, 0.4) is 0 Å². The van der Waals surface area contributed by atoms with Crippen LogP contribution in [0, 0.1) is 0 Å². The van der Waals surface area contributed by atoms with Crippen molar-refractivity contribution in [3.8, 4) is 11.5 Å². The zero-order valence-corrected chi connectivity index (χ0v) is 13.5. The average molecular weight is 365 g/mol. The van der Waals surface area contributed by atoms with Gasteiger partial charge in [-0.1, -0.05) is 5.16 Å². The van der Waals surface area contributed by atoms with Gasteiger partial charge in [0.1, 0.15) is 10.8 Å². The van der Waals surface area contributed by atoms with E-state index in [4.69, 9.17) is 18.0 Å². The van der Waals surface area contributed by atoms with E-state index in [2.05, 4.69) is 26.1 Å². The highest BCUT2D eigenvalue weighted by atomic mass is 79.9. The van der Waals surface area contributed by atoms with Crippen molar-refractivity contribution in [1.82, 2.24) is 10.1 Å². The van der Waals surface area contributed by atoms with E-state index in [0.29, 0.717) is 29.3 Å². The van der Waals surface area contributed by atoms with Crippen LogP contribution in [-0.2, 0) is 19.8 Å². The Morgan fingerprint density at radius 2 is 2.00 bits per heavy atom. The topological polar surface area (TPSA) is 87.6 Å². The molecule has 20 heavy (non-hydrogen) atoms. The lowest BCUT2D eigenvalue weighted by molar-refractivity contribution is 0.217. The first-order chi connectivity index (χ1) is 9.56. The smallest absolute Gasteiger partial charge is 0.339 e. The van der Waals surface area contributed by atoms with Crippen molar-refractivity contribution in [3.05, 3.63) is 22.8 Å². The minimum Gasteiger partial charge on any atom is -0.437 e. The molecule has 2 aromatic rings. The molecular formula is C11H14BrN2O5P. The Morgan fingerprint density at radius 3 is 2.55 bits per heavy atom. The Bertz CT molecular complexity index is 601. The molecule has 0 bridgehead atoms. The molecule has 0 atom stereocenters. The summed E-state index contributed by atoms with van der Waals surface area (Å²) in [4.78, 5) is 4.05. The molecule has 2 rings (SSSR count). The fraction of sp³-hybridized carbons (Fsp3) is 0.455. The molecule has 2 aromatic heterocycles. The predicted molar refractivity (Wildman–Crippen MR) is 74.3 cm³/mol. The first-order valence-electron chi connectivity index (χ1n) is 6.01. The quantitative estimate of drug-likeness (QED) is 0.689. The monoisotopic (exact) mass is 364 g/mol. The van der Waals surface area contributed by atoms with Crippen LogP contribution in [0.15, 0.2) is 25.8 Å². The second-order valence-corrected chi connectivity index (χ2v) is 6.60. The van der Waals surface area contributed by atoms with Gasteiger partial charge in [-0.15, -0.1) is 0 Å². The van der Waals surface area contributed by atoms with Gasteiger partial charge in [-0.25, -0.2) is 4.98 Å². The Balaban J connectivity index is 2.14. The lowest BCUT2D eigenvalue weighted by atomic mass is 10.4. The van der Waals surface area contributed by atoms with E-state index in [1.165, 1.54) is 6.20 Å². The van der Waals surface area contributed by atoms with Gasteiger partial charge in [0.05, 0.1) is 19.4 Å². The summed E-state index contributed by atoms with van der Waals surface area (Å²) in [5.74, 6) is 1.09. The van der Waals surface area contributed by atoms with E-state index in [0.717, 1.165) is 0 Å². The van der Waals surface area contributed by atoms with Crippen LogP contribution in [0.2, 0.25) is 0 Å². The molecule has 0 saturated heterocycles. The second kappa shape index (κ2) is 6.67. The van der Waals surface area contributed by atoms with Gasteiger partial charge in [-0.05, 0) is 29.8 Å². The molecule has 0 aliphatic rings. The van der Waals surface area contributed by atoms with Gasteiger partial charge in [0.2, 0.25) is 11.7 Å². The normalized spacial score (nSPS) is 11.9. The van der Waals surface area contributed by atoms with Crippen molar-refractivity contribution in [2.75, 3.05) is 13.2 Å². The van der Waals surface area contributed by atoms with Gasteiger partial charge in [0, 0.05) is 6.07 Å². The number of rotatable bonds is 7. The van der Waals surface area contributed by atoms with Crippen LogP contribution >= 0.6 is 23.5 Å². The molecule has 0 radical (unpaired) electrons. The molecule has 0 amide bonds. The first-order valence-corrected chi connectivity index (χ1v) is 8.54. The van der Waals surface area contributed by atoms with Crippen molar-refractivity contribution in [2.45, 2.75) is 20.0 Å². The van der Waals surface area contributed by atoms with Crippen molar-refractivity contribution in [3.63, 3.8) is 0 Å². The lowest BCUT2D eigenvalue weighted by Gasteiger charge is -2.14. The third kappa shape index (κ3) is 3.79. The zero-order valence-electron chi connectivity index (χ0n) is 11.0. The molecule has 0 aliphatic heterocycles. The van der Waals surface area contributed by atoms with Crippen molar-refractivity contribution >= 4 is 23.5 Å². The van der Waals surface area contributed by atoms with Gasteiger partial charge in [0.15, 0.2) is 5.76 Å². The van der Waals surface area contributed by atoms with Crippen LogP contribution < -0.4 is 0 Å². The Morgan fingerprint density at radius 1 is 1.30 bits per heavy atom. The zero-order chi connectivity index (χ0) is 14.6. The number of aromatic nitrogens is 2. The van der Waals surface area contributed by atoms with Gasteiger partial charge < -0.3 is 18.0 Å². The van der Waals surface area contributed by atoms with E-state index < -0.39 is 7.60 Å². The third-order valence-electron chi connectivity index (χ3n) is 2.26. The highest BCUT2D eigenvalue weighted by Crippen LogP contribution is 2.51. The Kier molecular flexibility index (Phi) is 5.15. The molecule has 0 aliphatic carbocycles. The highest BCUT2D eigenvalue weighted by molar-refractivity contribution is 9.10. The van der Waals surface area contributed by atoms with Crippen LogP contribution in [0.1, 0.15) is 19.7 Å². The van der Waals surface area contributed by atoms with E-state index in [1.807, 2.05) is 0 Å². The van der Waals surface area contributed by atoms with Gasteiger partial charge in [-0.2, -0.15) is 0 Å². The van der Waals surface area contributed by atoms with Crippen LogP contribution in [0.5, 0.6) is 0 Å². The standard InChI is InChI=1S/C11H14BrN2O5P/c1-3-16-20(15,17-4-2)7-11-13-6-9(18-11)8-5-10(12)14-19-8/h5-6H,3-4,7H2,1-2H3. The second-order valence-electron chi connectivity index (χ2n) is 3.74. The summed E-state index contributed by atoms with van der Waals surface area (Å²) >= 11 is 3.17. The van der Waals surface area contributed by atoms with Crippen molar-refractivity contribution in [2.24, 2.45) is 0 Å². The maximum Gasteiger partial charge on any atom is 0.339 e. The highest BCUT2D eigenvalue weighted by Gasteiger charge is 2.27. The molecule has 0 N–H and O–H groups in total. The van der Waals surface area contributed by atoms with Gasteiger partial charge in [0.25, 0.3) is 0 Å². The minimum atomic E-state index is -3.23. The maximum atomic E-state index is 12.3. The van der Waals surface area contributed by atoms with Crippen LogP contribution in [0.25, 0.3) is 11.5 Å². The van der Waals surface area contributed by atoms with E-state index in [1.54, 1.807) is 19.9 Å². The van der Waals surface area contributed by atoms with Gasteiger partial charge in [-0.3, -0.25) is 4.57 Å². The largest absolute Gasteiger partial charge is 0.437 e. The summed E-state index contributed by atoms with van der Waals surface area (Å²) in [6.07, 6.45) is 1.45. The number of halogens is 1. The molecule has 0 unspecified atom stereocenters.